The third kappa shape index (κ3) is 5.70. The average Bonchev–Trinajstić information content (AvgIpc) is 2.62. The SMILES string of the molecule is CN(C)C(=O)c1ccc(NC(=O)CNC(C)(C)c2ccc(Cl)c(Cl)c2)cc1. The largest absolute Gasteiger partial charge is 0.345 e. The Labute approximate surface area is 169 Å². The van der Waals surface area contributed by atoms with Crippen molar-refractivity contribution in [2.75, 3.05) is 26.0 Å². The fourth-order valence-corrected chi connectivity index (χ4v) is 2.75. The zero-order valence-electron chi connectivity index (χ0n) is 15.8. The lowest BCUT2D eigenvalue weighted by Gasteiger charge is -2.27. The molecule has 2 aromatic rings. The predicted molar refractivity (Wildman–Crippen MR) is 111 cm³/mol. The molecule has 2 aromatic carbocycles. The topological polar surface area (TPSA) is 61.4 Å². The van der Waals surface area contributed by atoms with Gasteiger partial charge in [-0.1, -0.05) is 29.3 Å². The van der Waals surface area contributed by atoms with Gasteiger partial charge in [-0.05, 0) is 55.8 Å². The van der Waals surface area contributed by atoms with Gasteiger partial charge in [0.15, 0.2) is 0 Å². The molecule has 0 fully saturated rings. The highest BCUT2D eigenvalue weighted by Gasteiger charge is 2.21. The van der Waals surface area contributed by atoms with Gasteiger partial charge in [0.1, 0.15) is 0 Å². The standard InChI is InChI=1S/C20H23Cl2N3O2/c1-20(2,14-7-10-16(21)17(22)11-14)23-12-18(26)24-15-8-5-13(6-9-15)19(27)25(3)4/h5-11,23H,12H2,1-4H3,(H,24,26). The Morgan fingerprint density at radius 2 is 1.63 bits per heavy atom. The molecular formula is C20H23Cl2N3O2. The second-order valence-corrected chi connectivity index (χ2v) is 7.75. The second kappa shape index (κ2) is 8.74. The van der Waals surface area contributed by atoms with Gasteiger partial charge in [-0.3, -0.25) is 14.9 Å². The van der Waals surface area contributed by atoms with Crippen LogP contribution in [0, 0.1) is 0 Å². The molecule has 0 aliphatic carbocycles. The number of amides is 2. The van der Waals surface area contributed by atoms with Crippen LogP contribution < -0.4 is 10.6 Å². The smallest absolute Gasteiger partial charge is 0.253 e. The molecule has 0 unspecified atom stereocenters. The normalized spacial score (nSPS) is 11.2. The van der Waals surface area contributed by atoms with Gasteiger partial charge < -0.3 is 10.2 Å². The van der Waals surface area contributed by atoms with Gasteiger partial charge in [-0.15, -0.1) is 0 Å². The Bertz CT molecular complexity index is 834. The number of carbonyl (C=O) groups is 2. The first-order valence-corrected chi connectivity index (χ1v) is 9.18. The fourth-order valence-electron chi connectivity index (χ4n) is 2.45. The van der Waals surface area contributed by atoms with Gasteiger partial charge >= 0.3 is 0 Å². The molecule has 0 aliphatic rings. The molecule has 0 aliphatic heterocycles. The van der Waals surface area contributed by atoms with Crippen LogP contribution in [-0.2, 0) is 10.3 Å². The van der Waals surface area contributed by atoms with E-state index in [1.165, 1.54) is 4.90 Å². The van der Waals surface area contributed by atoms with E-state index in [1.54, 1.807) is 50.5 Å². The number of nitrogens with one attached hydrogen (secondary N) is 2. The number of rotatable bonds is 6. The van der Waals surface area contributed by atoms with Crippen molar-refractivity contribution in [3.63, 3.8) is 0 Å². The highest BCUT2D eigenvalue weighted by molar-refractivity contribution is 6.42. The number of hydrogen-bond acceptors (Lipinski definition) is 3. The van der Waals surface area contributed by atoms with E-state index in [-0.39, 0.29) is 18.4 Å². The molecule has 2 rings (SSSR count). The van der Waals surface area contributed by atoms with Crippen molar-refractivity contribution in [1.29, 1.82) is 0 Å². The number of carbonyl (C=O) groups excluding carboxylic acids is 2. The summed E-state index contributed by atoms with van der Waals surface area (Å²) in [4.78, 5) is 25.6. The molecule has 0 spiro atoms. The summed E-state index contributed by atoms with van der Waals surface area (Å²) in [6, 6.07) is 12.2. The molecule has 0 aromatic heterocycles. The summed E-state index contributed by atoms with van der Waals surface area (Å²) in [6.07, 6.45) is 0. The molecule has 27 heavy (non-hydrogen) atoms. The van der Waals surface area contributed by atoms with Gasteiger partial charge in [-0.2, -0.15) is 0 Å². The quantitative estimate of drug-likeness (QED) is 0.755. The number of anilines is 1. The first-order chi connectivity index (χ1) is 12.6. The van der Waals surface area contributed by atoms with Crippen LogP contribution in [0.5, 0.6) is 0 Å². The monoisotopic (exact) mass is 407 g/mol. The lowest BCUT2D eigenvalue weighted by atomic mass is 9.94. The lowest BCUT2D eigenvalue weighted by Crippen LogP contribution is -2.41. The van der Waals surface area contributed by atoms with Crippen molar-refractivity contribution in [3.8, 4) is 0 Å². The first-order valence-electron chi connectivity index (χ1n) is 8.42. The van der Waals surface area contributed by atoms with E-state index in [2.05, 4.69) is 10.6 Å². The van der Waals surface area contributed by atoms with Gasteiger partial charge in [0.25, 0.3) is 5.91 Å². The van der Waals surface area contributed by atoms with Gasteiger partial charge in [0.05, 0.1) is 16.6 Å². The predicted octanol–water partition coefficient (Wildman–Crippen LogP) is 4.16. The summed E-state index contributed by atoms with van der Waals surface area (Å²) in [5.41, 5.74) is 1.66. The summed E-state index contributed by atoms with van der Waals surface area (Å²) < 4.78 is 0. The lowest BCUT2D eigenvalue weighted by molar-refractivity contribution is -0.115. The molecule has 144 valence electrons. The summed E-state index contributed by atoms with van der Waals surface area (Å²) in [5, 5.41) is 6.98. The van der Waals surface area contributed by atoms with Crippen LogP contribution in [0.15, 0.2) is 42.5 Å². The molecule has 0 bridgehead atoms. The Morgan fingerprint density at radius 3 is 2.19 bits per heavy atom. The molecule has 0 atom stereocenters. The van der Waals surface area contributed by atoms with Crippen molar-refractivity contribution >= 4 is 40.7 Å². The number of hydrogen-bond donors (Lipinski definition) is 2. The number of benzene rings is 2. The van der Waals surface area contributed by atoms with E-state index >= 15 is 0 Å². The van der Waals surface area contributed by atoms with Crippen LogP contribution >= 0.6 is 23.2 Å². The minimum atomic E-state index is -0.465. The van der Waals surface area contributed by atoms with Gasteiger partial charge in [0, 0.05) is 30.9 Å². The summed E-state index contributed by atoms with van der Waals surface area (Å²) >= 11 is 12.0. The molecule has 0 saturated heterocycles. The third-order valence-electron chi connectivity index (χ3n) is 4.15. The highest BCUT2D eigenvalue weighted by atomic mass is 35.5. The maximum absolute atomic E-state index is 12.2. The molecule has 0 heterocycles. The molecule has 2 amide bonds. The maximum Gasteiger partial charge on any atom is 0.253 e. The Hall–Kier alpha value is -2.08. The highest BCUT2D eigenvalue weighted by Crippen LogP contribution is 2.28. The van der Waals surface area contributed by atoms with E-state index in [1.807, 2.05) is 19.9 Å². The zero-order chi connectivity index (χ0) is 20.2. The molecule has 0 radical (unpaired) electrons. The van der Waals surface area contributed by atoms with Crippen molar-refractivity contribution < 1.29 is 9.59 Å². The van der Waals surface area contributed by atoms with Crippen molar-refractivity contribution in [2.45, 2.75) is 19.4 Å². The van der Waals surface area contributed by atoms with Crippen molar-refractivity contribution in [1.82, 2.24) is 10.2 Å². The number of nitrogens with zero attached hydrogens (tertiary/aromatic N) is 1. The average molecular weight is 408 g/mol. The third-order valence-corrected chi connectivity index (χ3v) is 4.89. The van der Waals surface area contributed by atoms with Gasteiger partial charge in [0.2, 0.25) is 5.91 Å². The minimum Gasteiger partial charge on any atom is -0.345 e. The molecule has 0 saturated carbocycles. The Kier molecular flexibility index (Phi) is 6.87. The summed E-state index contributed by atoms with van der Waals surface area (Å²) in [6.45, 7) is 4.04. The molecule has 7 heteroatoms. The summed E-state index contributed by atoms with van der Waals surface area (Å²) in [7, 11) is 3.39. The van der Waals surface area contributed by atoms with Crippen LogP contribution in [0.2, 0.25) is 10.0 Å². The van der Waals surface area contributed by atoms with Crippen LogP contribution in [0.4, 0.5) is 5.69 Å². The fraction of sp³-hybridized carbons (Fsp3) is 0.300. The zero-order valence-corrected chi connectivity index (χ0v) is 17.3. The van der Waals surface area contributed by atoms with E-state index in [0.29, 0.717) is 21.3 Å². The van der Waals surface area contributed by atoms with E-state index < -0.39 is 5.54 Å². The Morgan fingerprint density at radius 1 is 1.00 bits per heavy atom. The maximum atomic E-state index is 12.2. The molecule has 2 N–H and O–H groups in total. The minimum absolute atomic E-state index is 0.0853. The second-order valence-electron chi connectivity index (χ2n) is 6.93. The van der Waals surface area contributed by atoms with E-state index in [4.69, 9.17) is 23.2 Å². The first kappa shape index (κ1) is 21.2. The van der Waals surface area contributed by atoms with Crippen molar-refractivity contribution in [3.05, 3.63) is 63.6 Å². The van der Waals surface area contributed by atoms with Crippen LogP contribution in [0.3, 0.4) is 0 Å². The van der Waals surface area contributed by atoms with Crippen LogP contribution in [-0.4, -0.2) is 37.4 Å². The van der Waals surface area contributed by atoms with E-state index in [0.717, 1.165) is 5.56 Å². The molecule has 5 nitrogen and oxygen atoms in total. The van der Waals surface area contributed by atoms with Crippen molar-refractivity contribution in [2.24, 2.45) is 0 Å². The van der Waals surface area contributed by atoms with E-state index in [9.17, 15) is 9.59 Å². The van der Waals surface area contributed by atoms with Crippen LogP contribution in [0.25, 0.3) is 0 Å². The van der Waals surface area contributed by atoms with Crippen LogP contribution in [0.1, 0.15) is 29.8 Å². The Balaban J connectivity index is 1.95. The number of halogens is 2. The summed E-state index contributed by atoms with van der Waals surface area (Å²) in [5.74, 6) is -0.271. The molecular weight excluding hydrogens is 385 g/mol. The van der Waals surface area contributed by atoms with Gasteiger partial charge in [-0.25, -0.2) is 0 Å².